The summed E-state index contributed by atoms with van der Waals surface area (Å²) in [6.07, 6.45) is 1.04. The fourth-order valence-corrected chi connectivity index (χ4v) is 3.75. The first-order valence-electron chi connectivity index (χ1n) is 6.04. The van der Waals surface area contributed by atoms with Gasteiger partial charge < -0.3 is 5.32 Å². The minimum Gasteiger partial charge on any atom is -0.306 e. The number of benzene rings is 1. The van der Waals surface area contributed by atoms with Gasteiger partial charge >= 0.3 is 0 Å². The van der Waals surface area contributed by atoms with E-state index in [9.17, 15) is 4.39 Å². The third-order valence-electron chi connectivity index (χ3n) is 2.78. The van der Waals surface area contributed by atoms with Gasteiger partial charge in [-0.3, -0.25) is 0 Å². The summed E-state index contributed by atoms with van der Waals surface area (Å²) in [6.45, 7) is 3.01. The van der Waals surface area contributed by atoms with E-state index in [-0.39, 0.29) is 16.9 Å². The van der Waals surface area contributed by atoms with Crippen LogP contribution in [0.3, 0.4) is 0 Å². The van der Waals surface area contributed by atoms with E-state index in [4.69, 9.17) is 11.6 Å². The quantitative estimate of drug-likeness (QED) is 0.751. The zero-order valence-electron chi connectivity index (χ0n) is 10.4. The van der Waals surface area contributed by atoms with Gasteiger partial charge in [0.15, 0.2) is 0 Å². The fourth-order valence-electron chi connectivity index (χ4n) is 1.85. The lowest BCUT2D eigenvalue weighted by atomic mass is 10.1. The van der Waals surface area contributed by atoms with Crippen LogP contribution in [0.5, 0.6) is 0 Å². The van der Waals surface area contributed by atoms with Crippen LogP contribution in [0.25, 0.3) is 0 Å². The molecule has 0 aliphatic rings. The van der Waals surface area contributed by atoms with Crippen molar-refractivity contribution < 1.29 is 4.39 Å². The van der Waals surface area contributed by atoms with E-state index < -0.39 is 0 Å². The van der Waals surface area contributed by atoms with Crippen molar-refractivity contribution in [3.8, 4) is 0 Å². The molecule has 19 heavy (non-hydrogen) atoms. The summed E-state index contributed by atoms with van der Waals surface area (Å²) < 4.78 is 14.3. The molecule has 102 valence electrons. The highest BCUT2D eigenvalue weighted by Crippen LogP contribution is 2.34. The number of hydrogen-bond donors (Lipinski definition) is 1. The van der Waals surface area contributed by atoms with Gasteiger partial charge in [0.25, 0.3) is 0 Å². The van der Waals surface area contributed by atoms with Crippen molar-refractivity contribution in [1.82, 2.24) is 5.32 Å². The maximum Gasteiger partial charge on any atom is 0.141 e. The Kier molecular flexibility index (Phi) is 5.39. The highest BCUT2D eigenvalue weighted by atomic mass is 79.9. The monoisotopic (exact) mass is 361 g/mol. The van der Waals surface area contributed by atoms with E-state index in [2.05, 4.69) is 28.2 Å². The smallest absolute Gasteiger partial charge is 0.141 e. The lowest BCUT2D eigenvalue weighted by Crippen LogP contribution is -2.22. The second-order valence-electron chi connectivity index (χ2n) is 4.19. The Morgan fingerprint density at radius 1 is 1.42 bits per heavy atom. The normalized spacial score (nSPS) is 12.6. The van der Waals surface area contributed by atoms with E-state index >= 15 is 0 Å². The molecule has 0 aliphatic heterocycles. The molecule has 0 aliphatic carbocycles. The Bertz CT molecular complexity index is 558. The highest BCUT2D eigenvalue weighted by molar-refractivity contribution is 9.10. The summed E-state index contributed by atoms with van der Waals surface area (Å²) in [4.78, 5) is 1.18. The first kappa shape index (κ1) is 15.0. The average molecular weight is 363 g/mol. The Balaban J connectivity index is 2.37. The highest BCUT2D eigenvalue weighted by Gasteiger charge is 2.18. The average Bonchev–Trinajstić information content (AvgIpc) is 2.80. The molecule has 1 atom stereocenters. The number of thiophene rings is 1. The number of hydrogen-bond acceptors (Lipinski definition) is 2. The minimum absolute atomic E-state index is 0.0347. The molecule has 1 N–H and O–H groups in total. The largest absolute Gasteiger partial charge is 0.306 e. The molecule has 1 aromatic carbocycles. The summed E-state index contributed by atoms with van der Waals surface area (Å²) in [7, 11) is 0. The van der Waals surface area contributed by atoms with E-state index in [1.807, 2.05) is 11.4 Å². The van der Waals surface area contributed by atoms with Crippen LogP contribution in [0, 0.1) is 5.82 Å². The van der Waals surface area contributed by atoms with Gasteiger partial charge in [-0.25, -0.2) is 4.39 Å². The van der Waals surface area contributed by atoms with Gasteiger partial charge in [-0.2, -0.15) is 0 Å². The molecule has 1 aromatic heterocycles. The zero-order chi connectivity index (χ0) is 13.8. The van der Waals surface area contributed by atoms with Gasteiger partial charge in [-0.1, -0.05) is 24.6 Å². The lowest BCUT2D eigenvalue weighted by Gasteiger charge is -2.19. The minimum atomic E-state index is -0.384. The molecule has 0 fully saturated rings. The van der Waals surface area contributed by atoms with Crippen molar-refractivity contribution in [2.24, 2.45) is 0 Å². The summed E-state index contributed by atoms with van der Waals surface area (Å²) in [6, 6.07) is 6.94. The fraction of sp³-hybridized carbons (Fsp3) is 0.286. The maximum atomic E-state index is 13.3. The molecule has 1 heterocycles. The van der Waals surface area contributed by atoms with Gasteiger partial charge in [0.2, 0.25) is 0 Å². The first-order valence-corrected chi connectivity index (χ1v) is 8.09. The summed E-state index contributed by atoms with van der Waals surface area (Å²) in [5.74, 6) is -0.384. The topological polar surface area (TPSA) is 12.0 Å². The van der Waals surface area contributed by atoms with Crippen molar-refractivity contribution in [3.05, 3.63) is 55.4 Å². The third kappa shape index (κ3) is 3.57. The van der Waals surface area contributed by atoms with Crippen molar-refractivity contribution >= 4 is 38.9 Å². The van der Waals surface area contributed by atoms with Crippen LogP contribution in [-0.2, 0) is 0 Å². The first-order chi connectivity index (χ1) is 9.13. The van der Waals surface area contributed by atoms with Crippen molar-refractivity contribution in [2.75, 3.05) is 6.54 Å². The Morgan fingerprint density at radius 3 is 2.79 bits per heavy atom. The predicted molar refractivity (Wildman–Crippen MR) is 83.6 cm³/mol. The van der Waals surface area contributed by atoms with Crippen molar-refractivity contribution in [3.63, 3.8) is 0 Å². The molecular formula is C14H14BrClFNS. The van der Waals surface area contributed by atoms with Crippen LogP contribution in [0.15, 0.2) is 34.1 Å². The van der Waals surface area contributed by atoms with Crippen LogP contribution >= 0.6 is 38.9 Å². The third-order valence-corrected chi connectivity index (χ3v) is 5.01. The molecule has 0 amide bonds. The predicted octanol–water partition coefficient (Wildman–Crippen LogP) is 5.39. The molecule has 1 unspecified atom stereocenters. The molecule has 0 spiro atoms. The standard InChI is InChI=1S/C14H14BrClFNS/c1-2-6-18-13(14-10(15)5-7-19-14)9-3-4-12(17)11(16)8-9/h3-5,7-8,13,18H,2,6H2,1H3. The summed E-state index contributed by atoms with van der Waals surface area (Å²) >= 11 is 11.1. The van der Waals surface area contributed by atoms with Crippen LogP contribution < -0.4 is 5.32 Å². The summed E-state index contributed by atoms with van der Waals surface area (Å²) in [5, 5.41) is 5.67. The van der Waals surface area contributed by atoms with E-state index in [1.54, 1.807) is 23.5 Å². The Labute approximate surface area is 129 Å². The number of rotatable bonds is 5. The van der Waals surface area contributed by atoms with E-state index in [1.165, 1.54) is 10.9 Å². The van der Waals surface area contributed by atoms with Crippen molar-refractivity contribution in [2.45, 2.75) is 19.4 Å². The second kappa shape index (κ2) is 6.84. The van der Waals surface area contributed by atoms with Crippen LogP contribution in [0.4, 0.5) is 4.39 Å². The molecule has 0 radical (unpaired) electrons. The second-order valence-corrected chi connectivity index (χ2v) is 6.40. The Hall–Kier alpha value is -0.420. The summed E-state index contributed by atoms with van der Waals surface area (Å²) in [5.41, 5.74) is 0.975. The molecule has 0 bridgehead atoms. The molecule has 0 saturated heterocycles. The molecule has 2 aromatic rings. The van der Waals surface area contributed by atoms with E-state index in [0.717, 1.165) is 23.0 Å². The number of halogens is 3. The molecule has 2 rings (SSSR count). The van der Waals surface area contributed by atoms with Gasteiger partial charge in [-0.05, 0) is 58.0 Å². The molecule has 5 heteroatoms. The van der Waals surface area contributed by atoms with Gasteiger partial charge in [0, 0.05) is 9.35 Å². The maximum absolute atomic E-state index is 13.3. The lowest BCUT2D eigenvalue weighted by molar-refractivity contribution is 0.598. The van der Waals surface area contributed by atoms with Gasteiger partial charge in [-0.15, -0.1) is 11.3 Å². The van der Waals surface area contributed by atoms with Gasteiger partial charge in [0.1, 0.15) is 5.82 Å². The Morgan fingerprint density at radius 2 is 2.21 bits per heavy atom. The van der Waals surface area contributed by atoms with Crippen LogP contribution in [0.1, 0.15) is 29.8 Å². The van der Waals surface area contributed by atoms with Crippen molar-refractivity contribution in [1.29, 1.82) is 0 Å². The molecular weight excluding hydrogens is 349 g/mol. The number of nitrogens with one attached hydrogen (secondary N) is 1. The SMILES string of the molecule is CCCNC(c1ccc(F)c(Cl)c1)c1sccc1Br. The zero-order valence-corrected chi connectivity index (χ0v) is 13.6. The molecule has 1 nitrogen and oxygen atoms in total. The van der Waals surface area contributed by atoms with Gasteiger partial charge in [0.05, 0.1) is 11.1 Å². The molecule has 0 saturated carbocycles. The van der Waals surface area contributed by atoms with Crippen LogP contribution in [-0.4, -0.2) is 6.54 Å². The van der Waals surface area contributed by atoms with E-state index in [0.29, 0.717) is 0 Å². The van der Waals surface area contributed by atoms with Crippen LogP contribution in [0.2, 0.25) is 5.02 Å².